The quantitative estimate of drug-likeness (QED) is 0.276. The molecule has 4 aromatic carbocycles. The van der Waals surface area contributed by atoms with E-state index < -0.39 is 32.2 Å². The summed E-state index contributed by atoms with van der Waals surface area (Å²) in [5.74, 6) is 2.39. The molecule has 0 amide bonds. The molecule has 0 bridgehead atoms. The summed E-state index contributed by atoms with van der Waals surface area (Å²) in [6.45, 7) is 0. The van der Waals surface area contributed by atoms with Gasteiger partial charge in [-0.15, -0.1) is 0 Å². The summed E-state index contributed by atoms with van der Waals surface area (Å²) in [5, 5.41) is 0. The predicted molar refractivity (Wildman–Crippen MR) is 135 cm³/mol. The van der Waals surface area contributed by atoms with E-state index in [1.165, 1.54) is 12.1 Å². The third kappa shape index (κ3) is 4.67. The summed E-state index contributed by atoms with van der Waals surface area (Å²) in [6.07, 6.45) is -4.10. The monoisotopic (exact) mass is 501 g/mol. The highest BCUT2D eigenvalue weighted by Crippen LogP contribution is 2.42. The molecule has 1 unspecified atom stereocenters. The number of hydrogen-bond donors (Lipinski definition) is 0. The van der Waals surface area contributed by atoms with Gasteiger partial charge in [-0.05, 0) is 54.1 Å². The average Bonchev–Trinajstić information content (AvgIpc) is 3.52. The zero-order chi connectivity index (χ0) is 25.4. The third-order valence-corrected chi connectivity index (χ3v) is 6.33. The molecule has 184 valence electrons. The molecule has 0 fully saturated rings. The first-order chi connectivity index (χ1) is 18.0. The van der Waals surface area contributed by atoms with Gasteiger partial charge in [-0.2, -0.15) is 13.2 Å². The van der Waals surface area contributed by atoms with Crippen LogP contribution < -0.4 is 23.4 Å². The zero-order valence-electron chi connectivity index (χ0n) is 19.5. The van der Waals surface area contributed by atoms with Crippen molar-refractivity contribution < 1.29 is 31.8 Å². The first-order valence-corrected chi connectivity index (χ1v) is 11.8. The van der Waals surface area contributed by atoms with Gasteiger partial charge in [-0.1, -0.05) is 54.6 Å². The highest BCUT2D eigenvalue weighted by atomic mass is 19.4. The Balaban J connectivity index is 1.39. The van der Waals surface area contributed by atoms with Gasteiger partial charge in [0.1, 0.15) is 23.0 Å². The summed E-state index contributed by atoms with van der Waals surface area (Å²) < 4.78 is 64.4. The van der Waals surface area contributed by atoms with E-state index in [0.29, 0.717) is 35.0 Å². The van der Waals surface area contributed by atoms with Crippen molar-refractivity contribution in [1.82, 2.24) is 0 Å². The molecule has 37 heavy (non-hydrogen) atoms. The lowest BCUT2D eigenvalue weighted by molar-refractivity contribution is -0.137. The summed E-state index contributed by atoms with van der Waals surface area (Å²) in [4.78, 5) is 1.82. The number of halogens is 3. The van der Waals surface area contributed by atoms with E-state index in [-0.39, 0.29) is 0 Å². The largest absolute Gasteiger partial charge is 0.739 e. The van der Waals surface area contributed by atoms with Crippen LogP contribution in [0.5, 0.6) is 23.0 Å². The van der Waals surface area contributed by atoms with Crippen LogP contribution in [-0.2, 0) is 6.18 Å². The van der Waals surface area contributed by atoms with Crippen molar-refractivity contribution in [3.05, 3.63) is 114 Å². The lowest BCUT2D eigenvalue weighted by Crippen LogP contribution is -2.50. The van der Waals surface area contributed by atoms with Crippen molar-refractivity contribution >= 4 is 20.1 Å². The van der Waals surface area contributed by atoms with Gasteiger partial charge in [-0.25, -0.2) is 0 Å². The van der Waals surface area contributed by atoms with E-state index in [4.69, 9.17) is 18.6 Å². The normalized spacial score (nSPS) is 14.6. The third-order valence-electron chi connectivity index (χ3n) is 6.33. The van der Waals surface area contributed by atoms with Crippen molar-refractivity contribution in [2.75, 3.05) is 4.81 Å². The van der Waals surface area contributed by atoms with Crippen LogP contribution in [0.1, 0.15) is 17.2 Å². The lowest BCUT2D eigenvalue weighted by Gasteiger charge is -2.34. The van der Waals surface area contributed by atoms with Gasteiger partial charge in [0.05, 0.1) is 11.6 Å². The first kappa shape index (κ1) is 23.2. The number of anilines is 1. The molecule has 0 aromatic heterocycles. The molecular weight excluding hydrogens is 481 g/mol. The number of hydrogen-bond acceptors (Lipinski definition) is 5. The van der Waals surface area contributed by atoms with E-state index >= 15 is 0 Å². The Labute approximate surface area is 212 Å². The number of fused-ring (bicyclic) bond motifs is 2. The molecule has 5 nitrogen and oxygen atoms in total. The Kier molecular flexibility index (Phi) is 5.87. The van der Waals surface area contributed by atoms with Crippen molar-refractivity contribution in [1.29, 1.82) is 0 Å². The minimum atomic E-state index is -4.45. The molecule has 0 spiro atoms. The summed E-state index contributed by atoms with van der Waals surface area (Å²) >= 11 is 0. The highest BCUT2D eigenvalue weighted by Gasteiger charge is 2.47. The number of alkyl halides is 3. The maximum atomic E-state index is 13.3. The van der Waals surface area contributed by atoms with Crippen molar-refractivity contribution in [2.24, 2.45) is 0 Å². The molecule has 2 aliphatic heterocycles. The summed E-state index contributed by atoms with van der Waals surface area (Å²) in [7, 11) is -1.55. The molecule has 0 radical (unpaired) electrons. The molecule has 0 saturated carbocycles. The second kappa shape index (κ2) is 9.35. The Morgan fingerprint density at radius 2 is 1.11 bits per heavy atom. The fourth-order valence-corrected chi connectivity index (χ4v) is 4.59. The average molecular weight is 501 g/mol. The van der Waals surface area contributed by atoms with Gasteiger partial charge < -0.3 is 23.4 Å². The van der Waals surface area contributed by atoms with E-state index in [0.717, 1.165) is 17.7 Å². The van der Waals surface area contributed by atoms with E-state index in [1.807, 2.05) is 71.5 Å². The standard InChI is InChI=1S/C27H20B2F3NO4/c30-27(31,32)20-14-16-21(17-15-20)33(29-36-25-12-6-7-13-26(25)37-29)22(19-8-2-1-3-9-19)18-28-34-23-10-4-5-11-24(23)35-28/h1-17,22H,18H2. The molecule has 2 heterocycles. The maximum Gasteiger partial charge on any atom is 0.739 e. The van der Waals surface area contributed by atoms with Crippen LogP contribution in [-0.4, -0.2) is 14.4 Å². The zero-order valence-corrected chi connectivity index (χ0v) is 19.5. The molecule has 0 saturated heterocycles. The van der Waals surface area contributed by atoms with E-state index in [9.17, 15) is 13.2 Å². The maximum absolute atomic E-state index is 13.3. The second-order valence-corrected chi connectivity index (χ2v) is 8.72. The Morgan fingerprint density at radius 3 is 1.62 bits per heavy atom. The molecule has 1 atom stereocenters. The predicted octanol–water partition coefficient (Wildman–Crippen LogP) is 6.67. The minimum absolute atomic E-state index is 0.347. The van der Waals surface area contributed by atoms with Gasteiger partial charge in [0.25, 0.3) is 0 Å². The Bertz CT molecular complexity index is 1340. The van der Waals surface area contributed by atoms with Gasteiger partial charge >= 0.3 is 20.5 Å². The van der Waals surface area contributed by atoms with Crippen molar-refractivity contribution in [3.63, 3.8) is 0 Å². The number of rotatable bonds is 6. The summed E-state index contributed by atoms with van der Waals surface area (Å²) in [6, 6.07) is 28.8. The van der Waals surface area contributed by atoms with E-state index in [2.05, 4.69) is 0 Å². The van der Waals surface area contributed by atoms with Gasteiger partial charge in [0.2, 0.25) is 0 Å². The topological polar surface area (TPSA) is 40.2 Å². The van der Waals surface area contributed by atoms with Crippen LogP contribution >= 0.6 is 0 Å². The second-order valence-electron chi connectivity index (χ2n) is 8.72. The van der Waals surface area contributed by atoms with Crippen LogP contribution in [0.4, 0.5) is 18.9 Å². The fourth-order valence-electron chi connectivity index (χ4n) is 4.59. The smallest absolute Gasteiger partial charge is 0.523 e. The lowest BCUT2D eigenvalue weighted by atomic mass is 9.75. The molecular formula is C27H20B2F3NO4. The van der Waals surface area contributed by atoms with E-state index in [1.54, 1.807) is 12.1 Å². The van der Waals surface area contributed by atoms with Crippen LogP contribution in [0.15, 0.2) is 103 Å². The van der Waals surface area contributed by atoms with Crippen LogP contribution in [0.3, 0.4) is 0 Å². The van der Waals surface area contributed by atoms with Gasteiger partial charge in [-0.3, -0.25) is 0 Å². The van der Waals surface area contributed by atoms with Crippen LogP contribution in [0, 0.1) is 0 Å². The van der Waals surface area contributed by atoms with Crippen LogP contribution in [0.2, 0.25) is 6.32 Å². The molecule has 0 aliphatic carbocycles. The van der Waals surface area contributed by atoms with Gasteiger partial charge in [0.15, 0.2) is 0 Å². The molecule has 0 N–H and O–H groups in total. The Hall–Kier alpha value is -4.20. The van der Waals surface area contributed by atoms with Crippen molar-refractivity contribution in [3.8, 4) is 23.0 Å². The SMILES string of the molecule is FC(F)(F)c1ccc(N(B2Oc3ccccc3O2)C(CB2Oc3ccccc3O2)c2ccccc2)cc1. The number of nitrogens with zero attached hydrogens (tertiary/aromatic N) is 1. The first-order valence-electron chi connectivity index (χ1n) is 11.8. The highest BCUT2D eigenvalue weighted by molar-refractivity contribution is 6.54. The number of para-hydroxylation sites is 4. The van der Waals surface area contributed by atoms with Crippen molar-refractivity contribution in [2.45, 2.75) is 18.5 Å². The van der Waals surface area contributed by atoms with Crippen LogP contribution in [0.25, 0.3) is 0 Å². The molecule has 4 aromatic rings. The minimum Gasteiger partial charge on any atom is -0.523 e. The fraction of sp³-hybridized carbons (Fsp3) is 0.111. The number of benzene rings is 4. The molecule has 6 rings (SSSR count). The van der Waals surface area contributed by atoms with Gasteiger partial charge in [0, 0.05) is 12.0 Å². The Morgan fingerprint density at radius 1 is 0.622 bits per heavy atom. The molecule has 2 aliphatic rings. The summed E-state index contributed by atoms with van der Waals surface area (Å²) in [5.41, 5.74) is 0.658. The molecule has 10 heteroatoms.